The van der Waals surface area contributed by atoms with Crippen LogP contribution in [0.1, 0.15) is 11.1 Å². The molecule has 1 aromatic carbocycles. The zero-order chi connectivity index (χ0) is 10.2. The van der Waals surface area contributed by atoms with Crippen LogP contribution in [0.3, 0.4) is 0 Å². The second kappa shape index (κ2) is 3.50. The molecule has 0 aliphatic heterocycles. The zero-order valence-corrected chi connectivity index (χ0v) is 8.59. The Morgan fingerprint density at radius 3 is 2.31 bits per heavy atom. The maximum Gasteiger partial charge on any atom is 0.416 e. The maximum atomic E-state index is 12.2. The van der Waals surface area contributed by atoms with Gasteiger partial charge in [0.1, 0.15) is 0 Å². The Morgan fingerprint density at radius 1 is 1.31 bits per heavy atom. The Labute approximate surface area is 86.8 Å². The van der Waals surface area contributed by atoms with Crippen molar-refractivity contribution in [2.45, 2.75) is 6.18 Å². The van der Waals surface area contributed by atoms with Crippen molar-refractivity contribution in [1.29, 1.82) is 0 Å². The fourth-order valence-corrected chi connectivity index (χ4v) is 1.41. The Balaban J connectivity index is 3.32. The highest BCUT2D eigenvalue weighted by atomic mass is 79.9. The van der Waals surface area contributed by atoms with Crippen molar-refractivity contribution in [3.63, 3.8) is 0 Å². The molecule has 0 aromatic heterocycles. The van der Waals surface area contributed by atoms with Crippen LogP contribution in [0.5, 0.6) is 0 Å². The highest BCUT2D eigenvalue weighted by Gasteiger charge is 2.32. The highest BCUT2D eigenvalue weighted by Crippen LogP contribution is 2.36. The van der Waals surface area contributed by atoms with E-state index < -0.39 is 11.7 Å². The van der Waals surface area contributed by atoms with Gasteiger partial charge in [-0.3, -0.25) is 0 Å². The van der Waals surface area contributed by atoms with Crippen molar-refractivity contribution in [3.05, 3.63) is 39.7 Å². The van der Waals surface area contributed by atoms with E-state index in [0.717, 1.165) is 6.07 Å². The highest BCUT2D eigenvalue weighted by molar-refractivity contribution is 9.10. The van der Waals surface area contributed by atoms with E-state index in [1.807, 2.05) is 0 Å². The maximum absolute atomic E-state index is 12.2. The Kier molecular flexibility index (Phi) is 2.92. The fourth-order valence-electron chi connectivity index (χ4n) is 0.852. The third-order valence-corrected chi connectivity index (χ3v) is 2.65. The topological polar surface area (TPSA) is 0 Å². The molecule has 0 saturated heterocycles. The van der Waals surface area contributed by atoms with Crippen LogP contribution in [0.2, 0.25) is 5.02 Å². The summed E-state index contributed by atoms with van der Waals surface area (Å²) in [7, 11) is 0. The number of halogens is 5. The van der Waals surface area contributed by atoms with Gasteiger partial charge in [0.2, 0.25) is 0 Å². The first-order valence-corrected chi connectivity index (χ1v) is 4.37. The molecular weight excluding hydrogens is 268 g/mol. The van der Waals surface area contributed by atoms with Crippen LogP contribution in [0.4, 0.5) is 13.2 Å². The lowest BCUT2D eigenvalue weighted by atomic mass is 10.1. The summed E-state index contributed by atoms with van der Waals surface area (Å²) in [6, 6.07) is 2.10. The van der Waals surface area contributed by atoms with E-state index in [0.29, 0.717) is 4.47 Å². The van der Waals surface area contributed by atoms with Crippen molar-refractivity contribution < 1.29 is 13.2 Å². The number of hydrogen-bond donors (Lipinski definition) is 0. The van der Waals surface area contributed by atoms with Gasteiger partial charge in [0.05, 0.1) is 10.6 Å². The lowest BCUT2D eigenvalue weighted by Crippen LogP contribution is -2.07. The number of rotatable bonds is 0. The first kappa shape index (κ1) is 10.9. The van der Waals surface area contributed by atoms with E-state index in [1.54, 1.807) is 0 Å². The lowest BCUT2D eigenvalue weighted by Gasteiger charge is -2.10. The largest absolute Gasteiger partial charge is 0.416 e. The third kappa shape index (κ3) is 2.38. The first-order valence-electron chi connectivity index (χ1n) is 3.20. The Morgan fingerprint density at radius 2 is 1.85 bits per heavy atom. The molecule has 13 heavy (non-hydrogen) atoms. The van der Waals surface area contributed by atoms with Gasteiger partial charge in [0, 0.05) is 4.47 Å². The summed E-state index contributed by atoms with van der Waals surface area (Å²) >= 11 is 8.52. The van der Waals surface area contributed by atoms with Gasteiger partial charge in [-0.1, -0.05) is 11.6 Å². The average Bonchev–Trinajstić information content (AvgIpc) is 1.94. The molecular formula is C8H4BrClF3. The van der Waals surface area contributed by atoms with Crippen LogP contribution in [-0.2, 0) is 6.18 Å². The summed E-state index contributed by atoms with van der Waals surface area (Å²) in [5.74, 6) is 0. The number of hydrogen-bond acceptors (Lipinski definition) is 0. The van der Waals surface area contributed by atoms with Gasteiger partial charge in [-0.2, -0.15) is 13.2 Å². The zero-order valence-electron chi connectivity index (χ0n) is 6.25. The van der Waals surface area contributed by atoms with Crippen molar-refractivity contribution >= 4 is 27.5 Å². The molecule has 0 N–H and O–H groups in total. The molecule has 1 aromatic rings. The second-order valence-corrected chi connectivity index (χ2v) is 3.68. The monoisotopic (exact) mass is 271 g/mol. The predicted molar refractivity (Wildman–Crippen MR) is 48.6 cm³/mol. The summed E-state index contributed by atoms with van der Waals surface area (Å²) in [5, 5.41) is 0.0275. The van der Waals surface area contributed by atoms with E-state index in [4.69, 9.17) is 11.6 Å². The fraction of sp³-hybridized carbons (Fsp3) is 0.125. The molecule has 0 amide bonds. The molecule has 0 bridgehead atoms. The molecule has 0 saturated carbocycles. The average molecular weight is 272 g/mol. The Bertz CT molecular complexity index is 333. The van der Waals surface area contributed by atoms with E-state index in [9.17, 15) is 13.2 Å². The summed E-state index contributed by atoms with van der Waals surface area (Å²) in [6.45, 7) is 3.28. The van der Waals surface area contributed by atoms with Gasteiger partial charge >= 0.3 is 6.18 Å². The van der Waals surface area contributed by atoms with Crippen LogP contribution >= 0.6 is 27.5 Å². The molecule has 1 radical (unpaired) electrons. The van der Waals surface area contributed by atoms with Gasteiger partial charge in [-0.05, 0) is 40.5 Å². The van der Waals surface area contributed by atoms with Crippen LogP contribution in [0.25, 0.3) is 0 Å². The molecule has 0 unspecified atom stereocenters. The van der Waals surface area contributed by atoms with Gasteiger partial charge in [-0.15, -0.1) is 0 Å². The van der Waals surface area contributed by atoms with Crippen molar-refractivity contribution in [1.82, 2.24) is 0 Å². The molecule has 5 heteroatoms. The SMILES string of the molecule is [CH2]c1cc(Br)c(Cl)cc1C(F)(F)F. The van der Waals surface area contributed by atoms with Gasteiger partial charge < -0.3 is 0 Å². The standard InChI is InChI=1S/C8H4BrClF3/c1-4-2-6(9)7(10)3-5(4)8(11,12)13/h2-3H,1H2. The van der Waals surface area contributed by atoms with Crippen LogP contribution in [-0.4, -0.2) is 0 Å². The van der Waals surface area contributed by atoms with E-state index in [1.165, 1.54) is 6.07 Å². The molecule has 0 atom stereocenters. The molecule has 1 rings (SSSR count). The third-order valence-electron chi connectivity index (χ3n) is 1.45. The van der Waals surface area contributed by atoms with Gasteiger partial charge in [0.25, 0.3) is 0 Å². The minimum atomic E-state index is -4.40. The summed E-state index contributed by atoms with van der Waals surface area (Å²) in [5.41, 5.74) is -0.899. The van der Waals surface area contributed by atoms with Crippen LogP contribution in [0, 0.1) is 6.92 Å². The van der Waals surface area contributed by atoms with E-state index in [2.05, 4.69) is 22.9 Å². The van der Waals surface area contributed by atoms with E-state index >= 15 is 0 Å². The second-order valence-electron chi connectivity index (χ2n) is 2.42. The van der Waals surface area contributed by atoms with Crippen molar-refractivity contribution in [2.75, 3.05) is 0 Å². The molecule has 0 nitrogen and oxygen atoms in total. The predicted octanol–water partition coefficient (Wildman–Crippen LogP) is 4.30. The molecule has 71 valence electrons. The molecule has 0 heterocycles. The van der Waals surface area contributed by atoms with Crippen LogP contribution in [0.15, 0.2) is 16.6 Å². The molecule has 0 fully saturated rings. The smallest absolute Gasteiger partial charge is 0.166 e. The molecule has 0 aliphatic carbocycles. The van der Waals surface area contributed by atoms with Gasteiger partial charge in [0.15, 0.2) is 0 Å². The van der Waals surface area contributed by atoms with Crippen LogP contribution < -0.4 is 0 Å². The Hall–Kier alpha value is -0.220. The summed E-state index contributed by atoms with van der Waals surface area (Å²) < 4.78 is 37.1. The minimum absolute atomic E-state index is 0.0275. The number of benzene rings is 1. The summed E-state index contributed by atoms with van der Waals surface area (Å²) in [4.78, 5) is 0. The molecule has 0 aliphatic rings. The minimum Gasteiger partial charge on any atom is -0.166 e. The first-order chi connectivity index (χ1) is 5.82. The van der Waals surface area contributed by atoms with E-state index in [-0.39, 0.29) is 10.6 Å². The quantitative estimate of drug-likeness (QED) is 0.660. The number of alkyl halides is 3. The lowest BCUT2D eigenvalue weighted by molar-refractivity contribution is -0.137. The molecule has 0 spiro atoms. The van der Waals surface area contributed by atoms with Crippen molar-refractivity contribution in [3.8, 4) is 0 Å². The normalized spacial score (nSPS) is 11.8. The van der Waals surface area contributed by atoms with Gasteiger partial charge in [-0.25, -0.2) is 0 Å². The van der Waals surface area contributed by atoms with Crippen molar-refractivity contribution in [2.24, 2.45) is 0 Å². The summed E-state index contributed by atoms with van der Waals surface area (Å²) in [6.07, 6.45) is -4.40.